The van der Waals surface area contributed by atoms with E-state index in [1.165, 1.54) is 16.8 Å². The topological polar surface area (TPSA) is 28.6 Å². The fraction of sp³-hybridized carbons (Fsp3) is 0.261. The average Bonchev–Trinajstić information content (AvgIpc) is 2.75. The van der Waals surface area contributed by atoms with Crippen molar-refractivity contribution in [2.24, 2.45) is 0 Å². The Kier molecular flexibility index (Phi) is 5.35. The van der Waals surface area contributed by atoms with E-state index in [9.17, 15) is 0 Å². The van der Waals surface area contributed by atoms with Crippen LogP contribution in [0.25, 0.3) is 11.1 Å². The van der Waals surface area contributed by atoms with E-state index in [0.717, 1.165) is 44.2 Å². The lowest BCUT2D eigenvalue weighted by Gasteiger charge is -2.36. The molecule has 4 nitrogen and oxygen atoms in total. The zero-order chi connectivity index (χ0) is 18.5. The van der Waals surface area contributed by atoms with Crippen LogP contribution in [0.2, 0.25) is 0 Å². The fourth-order valence-corrected chi connectivity index (χ4v) is 3.58. The molecule has 1 fully saturated rings. The van der Waals surface area contributed by atoms with E-state index in [1.807, 2.05) is 18.3 Å². The first-order valence-electron chi connectivity index (χ1n) is 9.43. The molecular formula is C23H25N3O. The number of hydrogen-bond donors (Lipinski definition) is 0. The highest BCUT2D eigenvalue weighted by atomic mass is 16.5. The maximum absolute atomic E-state index is 5.35. The van der Waals surface area contributed by atoms with Crippen LogP contribution in [0, 0.1) is 0 Å². The minimum absolute atomic E-state index is 0.895. The van der Waals surface area contributed by atoms with Gasteiger partial charge in [-0.3, -0.25) is 9.88 Å². The van der Waals surface area contributed by atoms with Gasteiger partial charge in [0.2, 0.25) is 0 Å². The summed E-state index contributed by atoms with van der Waals surface area (Å²) >= 11 is 0. The molecule has 1 aliphatic heterocycles. The highest BCUT2D eigenvalue weighted by Crippen LogP contribution is 2.23. The van der Waals surface area contributed by atoms with Gasteiger partial charge in [0.15, 0.2) is 0 Å². The lowest BCUT2D eigenvalue weighted by molar-refractivity contribution is 0.247. The van der Waals surface area contributed by atoms with E-state index in [-0.39, 0.29) is 0 Å². The Labute approximate surface area is 161 Å². The zero-order valence-electron chi connectivity index (χ0n) is 15.7. The van der Waals surface area contributed by atoms with E-state index in [2.05, 4.69) is 69.4 Å². The van der Waals surface area contributed by atoms with E-state index in [4.69, 9.17) is 4.74 Å². The Bertz CT molecular complexity index is 874. The van der Waals surface area contributed by atoms with Crippen molar-refractivity contribution < 1.29 is 4.74 Å². The summed E-state index contributed by atoms with van der Waals surface area (Å²) < 4.78 is 5.35. The largest absolute Gasteiger partial charge is 0.497 e. The summed E-state index contributed by atoms with van der Waals surface area (Å²) in [7, 11) is 1.72. The highest BCUT2D eigenvalue weighted by molar-refractivity contribution is 5.63. The second-order valence-corrected chi connectivity index (χ2v) is 6.87. The Balaban J connectivity index is 1.38. The molecule has 0 saturated carbocycles. The van der Waals surface area contributed by atoms with E-state index < -0.39 is 0 Å². The molecule has 2 aromatic carbocycles. The third-order valence-corrected chi connectivity index (χ3v) is 5.10. The molecule has 3 aromatic rings. The first-order chi connectivity index (χ1) is 13.3. The molecule has 0 bridgehead atoms. The predicted octanol–water partition coefficient (Wildman–Crippen LogP) is 4.08. The smallest absolute Gasteiger partial charge is 0.120 e. The van der Waals surface area contributed by atoms with Crippen LogP contribution in [-0.4, -0.2) is 43.2 Å². The molecule has 0 radical (unpaired) electrons. The van der Waals surface area contributed by atoms with Gasteiger partial charge in [0, 0.05) is 50.7 Å². The number of hydrogen-bond acceptors (Lipinski definition) is 4. The molecule has 2 heterocycles. The Morgan fingerprint density at radius 3 is 2.44 bits per heavy atom. The maximum Gasteiger partial charge on any atom is 0.120 e. The number of nitrogens with zero attached hydrogens (tertiary/aromatic N) is 3. The average molecular weight is 359 g/mol. The molecule has 0 spiro atoms. The van der Waals surface area contributed by atoms with Gasteiger partial charge in [-0.25, -0.2) is 0 Å². The van der Waals surface area contributed by atoms with Crippen LogP contribution in [0.15, 0.2) is 72.9 Å². The third kappa shape index (κ3) is 4.29. The van der Waals surface area contributed by atoms with Crippen LogP contribution < -0.4 is 9.64 Å². The first kappa shape index (κ1) is 17.6. The van der Waals surface area contributed by atoms with Gasteiger partial charge >= 0.3 is 0 Å². The van der Waals surface area contributed by atoms with Gasteiger partial charge in [0.25, 0.3) is 0 Å². The van der Waals surface area contributed by atoms with Gasteiger partial charge in [0.05, 0.1) is 12.8 Å². The number of anilines is 1. The Morgan fingerprint density at radius 1 is 0.852 bits per heavy atom. The van der Waals surface area contributed by atoms with Crippen LogP contribution in [0.1, 0.15) is 5.69 Å². The summed E-state index contributed by atoms with van der Waals surface area (Å²) in [5, 5.41) is 0. The summed E-state index contributed by atoms with van der Waals surface area (Å²) in [5.41, 5.74) is 4.84. The van der Waals surface area contributed by atoms with Crippen molar-refractivity contribution in [1.82, 2.24) is 9.88 Å². The van der Waals surface area contributed by atoms with Crippen molar-refractivity contribution in [1.29, 1.82) is 0 Å². The van der Waals surface area contributed by atoms with Crippen molar-refractivity contribution in [3.05, 3.63) is 78.6 Å². The summed E-state index contributed by atoms with van der Waals surface area (Å²) in [5.74, 6) is 0.914. The number of benzene rings is 2. The molecular weight excluding hydrogens is 334 g/mol. The van der Waals surface area contributed by atoms with E-state index >= 15 is 0 Å². The minimum Gasteiger partial charge on any atom is -0.497 e. The normalized spacial score (nSPS) is 14.9. The molecule has 0 unspecified atom stereocenters. The summed E-state index contributed by atoms with van der Waals surface area (Å²) in [6.07, 6.45) is 1.92. The number of methoxy groups -OCH3 is 1. The number of pyridine rings is 1. The van der Waals surface area contributed by atoms with Crippen LogP contribution in [0.5, 0.6) is 5.75 Å². The minimum atomic E-state index is 0.895. The molecule has 1 aromatic heterocycles. The van der Waals surface area contributed by atoms with Crippen molar-refractivity contribution in [2.45, 2.75) is 6.54 Å². The lowest BCUT2D eigenvalue weighted by Crippen LogP contribution is -2.46. The molecule has 0 N–H and O–H groups in total. The lowest BCUT2D eigenvalue weighted by atomic mass is 10.1. The van der Waals surface area contributed by atoms with Gasteiger partial charge in [-0.15, -0.1) is 0 Å². The van der Waals surface area contributed by atoms with Gasteiger partial charge < -0.3 is 9.64 Å². The molecule has 0 amide bonds. The van der Waals surface area contributed by atoms with Gasteiger partial charge in [-0.05, 0) is 35.4 Å². The standard InChI is InChI=1S/C23H25N3O/c1-27-23-9-5-8-22(17-23)26-14-12-25(13-15-26)18-21-16-20(10-11-24-21)19-6-3-2-4-7-19/h2-11,16-17H,12-15,18H2,1H3. The van der Waals surface area contributed by atoms with Crippen LogP contribution >= 0.6 is 0 Å². The quantitative estimate of drug-likeness (QED) is 0.686. The number of ether oxygens (including phenoxy) is 1. The molecule has 4 rings (SSSR count). The molecule has 0 aliphatic carbocycles. The summed E-state index contributed by atoms with van der Waals surface area (Å²) in [6.45, 7) is 5.01. The fourth-order valence-electron chi connectivity index (χ4n) is 3.58. The van der Waals surface area contributed by atoms with Crippen LogP contribution in [0.4, 0.5) is 5.69 Å². The third-order valence-electron chi connectivity index (χ3n) is 5.10. The first-order valence-corrected chi connectivity index (χ1v) is 9.43. The molecule has 4 heteroatoms. The number of rotatable bonds is 5. The van der Waals surface area contributed by atoms with Crippen molar-refractivity contribution in [3.63, 3.8) is 0 Å². The van der Waals surface area contributed by atoms with Gasteiger partial charge in [0.1, 0.15) is 5.75 Å². The Morgan fingerprint density at radius 2 is 1.67 bits per heavy atom. The maximum atomic E-state index is 5.35. The molecule has 0 atom stereocenters. The van der Waals surface area contributed by atoms with E-state index in [1.54, 1.807) is 7.11 Å². The summed E-state index contributed by atoms with van der Waals surface area (Å²) in [4.78, 5) is 9.49. The Hall–Kier alpha value is -2.85. The SMILES string of the molecule is COc1cccc(N2CCN(Cc3cc(-c4ccccc4)ccn3)CC2)c1. The molecule has 27 heavy (non-hydrogen) atoms. The molecule has 1 aliphatic rings. The number of piperazine rings is 1. The second-order valence-electron chi connectivity index (χ2n) is 6.87. The van der Waals surface area contributed by atoms with Gasteiger partial charge in [-0.1, -0.05) is 36.4 Å². The molecule has 138 valence electrons. The van der Waals surface area contributed by atoms with E-state index in [0.29, 0.717) is 0 Å². The highest BCUT2D eigenvalue weighted by Gasteiger charge is 2.18. The van der Waals surface area contributed by atoms with Crippen molar-refractivity contribution >= 4 is 5.69 Å². The zero-order valence-corrected chi connectivity index (χ0v) is 15.7. The number of aromatic nitrogens is 1. The monoisotopic (exact) mass is 359 g/mol. The van der Waals surface area contributed by atoms with Crippen molar-refractivity contribution in [3.8, 4) is 16.9 Å². The summed E-state index contributed by atoms with van der Waals surface area (Å²) in [6, 6.07) is 23.1. The molecule has 1 saturated heterocycles. The predicted molar refractivity (Wildman–Crippen MR) is 110 cm³/mol. The van der Waals surface area contributed by atoms with Crippen LogP contribution in [0.3, 0.4) is 0 Å². The van der Waals surface area contributed by atoms with Crippen LogP contribution in [-0.2, 0) is 6.54 Å². The second kappa shape index (κ2) is 8.23. The van der Waals surface area contributed by atoms with Crippen molar-refractivity contribution in [2.75, 3.05) is 38.2 Å². The van der Waals surface area contributed by atoms with Gasteiger partial charge in [-0.2, -0.15) is 0 Å².